The third-order valence-electron chi connectivity index (χ3n) is 4.38. The third-order valence-corrected chi connectivity index (χ3v) is 5.74. The highest BCUT2D eigenvalue weighted by molar-refractivity contribution is 7.92. The number of fused-ring (bicyclic) bond motifs is 1. The molecule has 7 heteroatoms. The number of nitrogens with zero attached hydrogens (tertiary/aromatic N) is 1. The van der Waals surface area contributed by atoms with Crippen molar-refractivity contribution in [2.24, 2.45) is 0 Å². The van der Waals surface area contributed by atoms with Crippen LogP contribution in [-0.4, -0.2) is 13.3 Å². The summed E-state index contributed by atoms with van der Waals surface area (Å²) in [7, 11) is -3.78. The highest BCUT2D eigenvalue weighted by Crippen LogP contribution is 2.29. The molecule has 0 fully saturated rings. The molecule has 0 radical (unpaired) electrons. The second-order valence-corrected chi connectivity index (χ2v) is 7.63. The number of nitro benzene ring substituents is 1. The summed E-state index contributed by atoms with van der Waals surface area (Å²) in [6, 6.07) is 9.52. The van der Waals surface area contributed by atoms with Crippen LogP contribution in [0.1, 0.15) is 29.5 Å². The summed E-state index contributed by atoms with van der Waals surface area (Å²) in [5.74, 6) is 0. The maximum absolute atomic E-state index is 12.6. The summed E-state index contributed by atoms with van der Waals surface area (Å²) >= 11 is 0. The molecule has 24 heavy (non-hydrogen) atoms. The number of hydrogen-bond donors (Lipinski definition) is 1. The Morgan fingerprint density at radius 3 is 2.50 bits per heavy atom. The van der Waals surface area contributed by atoms with Gasteiger partial charge < -0.3 is 0 Å². The largest absolute Gasteiger partial charge is 0.279 e. The van der Waals surface area contributed by atoms with E-state index in [0.717, 1.165) is 31.2 Å². The fourth-order valence-electron chi connectivity index (χ4n) is 3.01. The summed E-state index contributed by atoms with van der Waals surface area (Å²) in [6.07, 6.45) is 4.06. The maximum atomic E-state index is 12.6. The predicted octanol–water partition coefficient (Wildman–Crippen LogP) is 3.58. The van der Waals surface area contributed by atoms with Gasteiger partial charge in [0.05, 0.1) is 21.1 Å². The molecule has 1 aliphatic carbocycles. The first-order valence-electron chi connectivity index (χ1n) is 7.77. The van der Waals surface area contributed by atoms with E-state index in [1.165, 1.54) is 30.7 Å². The quantitative estimate of drug-likeness (QED) is 0.677. The minimum atomic E-state index is -3.78. The van der Waals surface area contributed by atoms with E-state index in [2.05, 4.69) is 4.72 Å². The topological polar surface area (TPSA) is 89.3 Å². The summed E-state index contributed by atoms with van der Waals surface area (Å²) in [6.45, 7) is 1.53. The summed E-state index contributed by atoms with van der Waals surface area (Å²) in [4.78, 5) is 10.7. The number of hydrogen-bond acceptors (Lipinski definition) is 4. The van der Waals surface area contributed by atoms with E-state index in [9.17, 15) is 18.5 Å². The van der Waals surface area contributed by atoms with Gasteiger partial charge in [-0.05, 0) is 61.9 Å². The van der Waals surface area contributed by atoms with E-state index < -0.39 is 14.9 Å². The maximum Gasteiger partial charge on any atom is 0.274 e. The normalized spacial score (nSPS) is 14.0. The van der Waals surface area contributed by atoms with E-state index >= 15 is 0 Å². The van der Waals surface area contributed by atoms with E-state index in [0.29, 0.717) is 5.56 Å². The van der Waals surface area contributed by atoms with E-state index in [4.69, 9.17) is 0 Å². The van der Waals surface area contributed by atoms with Gasteiger partial charge in [-0.3, -0.25) is 14.8 Å². The molecule has 0 bridgehead atoms. The summed E-state index contributed by atoms with van der Waals surface area (Å²) in [5, 5.41) is 11.0. The number of benzene rings is 2. The minimum absolute atomic E-state index is 0.111. The molecule has 0 aromatic heterocycles. The van der Waals surface area contributed by atoms with Gasteiger partial charge in [-0.1, -0.05) is 12.1 Å². The lowest BCUT2D eigenvalue weighted by molar-refractivity contribution is -0.385. The zero-order chi connectivity index (χ0) is 17.3. The number of anilines is 1. The van der Waals surface area contributed by atoms with Gasteiger partial charge in [0.1, 0.15) is 0 Å². The second kappa shape index (κ2) is 6.24. The van der Waals surface area contributed by atoms with Gasteiger partial charge in [0.15, 0.2) is 0 Å². The SMILES string of the molecule is Cc1c(NS(=O)(=O)c2ccc3c(c2)CCCC3)cccc1[N+](=O)[O-]. The molecular formula is C17H18N2O4S. The van der Waals surface area contributed by atoms with Crippen molar-refractivity contribution in [2.75, 3.05) is 4.72 Å². The van der Waals surface area contributed by atoms with Crippen LogP contribution < -0.4 is 4.72 Å². The minimum Gasteiger partial charge on any atom is -0.279 e. The van der Waals surface area contributed by atoms with Crippen LogP contribution in [0.15, 0.2) is 41.3 Å². The molecule has 1 aliphatic rings. The van der Waals surface area contributed by atoms with Crippen molar-refractivity contribution in [1.29, 1.82) is 0 Å². The Morgan fingerprint density at radius 2 is 1.79 bits per heavy atom. The molecule has 0 unspecified atom stereocenters. The number of rotatable bonds is 4. The van der Waals surface area contributed by atoms with Crippen molar-refractivity contribution in [1.82, 2.24) is 0 Å². The predicted molar refractivity (Wildman–Crippen MR) is 91.7 cm³/mol. The van der Waals surface area contributed by atoms with Gasteiger partial charge in [-0.2, -0.15) is 0 Å². The highest BCUT2D eigenvalue weighted by atomic mass is 32.2. The number of nitro groups is 1. The van der Waals surface area contributed by atoms with Crippen molar-refractivity contribution < 1.29 is 13.3 Å². The molecule has 1 N–H and O–H groups in total. The first-order valence-corrected chi connectivity index (χ1v) is 9.25. The van der Waals surface area contributed by atoms with Gasteiger partial charge >= 0.3 is 0 Å². The third kappa shape index (κ3) is 3.12. The first-order chi connectivity index (χ1) is 11.4. The molecule has 6 nitrogen and oxygen atoms in total. The number of sulfonamides is 1. The van der Waals surface area contributed by atoms with E-state index in [-0.39, 0.29) is 16.3 Å². The molecule has 3 rings (SSSR count). The molecule has 0 amide bonds. The monoisotopic (exact) mass is 346 g/mol. The Morgan fingerprint density at radius 1 is 1.08 bits per heavy atom. The molecule has 0 atom stereocenters. The fraction of sp³-hybridized carbons (Fsp3) is 0.294. The van der Waals surface area contributed by atoms with Gasteiger partial charge in [0.25, 0.3) is 15.7 Å². The molecule has 0 spiro atoms. The van der Waals surface area contributed by atoms with Gasteiger partial charge in [0.2, 0.25) is 0 Å². The van der Waals surface area contributed by atoms with Crippen LogP contribution in [0.5, 0.6) is 0 Å². The summed E-state index contributed by atoms with van der Waals surface area (Å²) < 4.78 is 27.8. The summed E-state index contributed by atoms with van der Waals surface area (Å²) in [5.41, 5.74) is 2.68. The lowest BCUT2D eigenvalue weighted by Gasteiger charge is -2.17. The van der Waals surface area contributed by atoms with Crippen LogP contribution >= 0.6 is 0 Å². The average molecular weight is 346 g/mol. The molecule has 0 saturated heterocycles. The van der Waals surface area contributed by atoms with Crippen molar-refractivity contribution in [3.63, 3.8) is 0 Å². The first kappa shape index (κ1) is 16.4. The van der Waals surface area contributed by atoms with E-state index in [1.807, 2.05) is 6.07 Å². The van der Waals surface area contributed by atoms with Crippen molar-refractivity contribution in [3.05, 3.63) is 63.2 Å². The standard InChI is InChI=1S/C17H18N2O4S/c1-12-16(7-4-8-17(12)19(20)21)18-24(22,23)15-10-9-13-5-2-3-6-14(13)11-15/h4,7-11,18H,2-3,5-6H2,1H3. The zero-order valence-electron chi connectivity index (χ0n) is 13.3. The Hall–Kier alpha value is -2.41. The van der Waals surface area contributed by atoms with Crippen LogP contribution in [-0.2, 0) is 22.9 Å². The Labute approximate surface area is 140 Å². The molecule has 2 aromatic carbocycles. The van der Waals surface area contributed by atoms with Crippen LogP contribution in [0.4, 0.5) is 11.4 Å². The van der Waals surface area contributed by atoms with Gasteiger partial charge in [-0.15, -0.1) is 0 Å². The zero-order valence-corrected chi connectivity index (χ0v) is 14.1. The molecule has 0 heterocycles. The van der Waals surface area contributed by atoms with Crippen LogP contribution in [0, 0.1) is 17.0 Å². The van der Waals surface area contributed by atoms with E-state index in [1.54, 1.807) is 12.1 Å². The molecule has 126 valence electrons. The lowest BCUT2D eigenvalue weighted by Crippen LogP contribution is -2.15. The van der Waals surface area contributed by atoms with Crippen molar-refractivity contribution in [2.45, 2.75) is 37.5 Å². The van der Waals surface area contributed by atoms with Crippen LogP contribution in [0.25, 0.3) is 0 Å². The lowest BCUT2D eigenvalue weighted by atomic mass is 9.92. The Kier molecular flexibility index (Phi) is 4.28. The van der Waals surface area contributed by atoms with Crippen molar-refractivity contribution in [3.8, 4) is 0 Å². The Bertz CT molecular complexity index is 907. The highest BCUT2D eigenvalue weighted by Gasteiger charge is 2.21. The molecule has 2 aromatic rings. The van der Waals surface area contributed by atoms with Crippen LogP contribution in [0.2, 0.25) is 0 Å². The fourth-order valence-corrected chi connectivity index (χ4v) is 4.19. The smallest absolute Gasteiger partial charge is 0.274 e. The molecule has 0 saturated carbocycles. The Balaban J connectivity index is 1.95. The molecule has 0 aliphatic heterocycles. The van der Waals surface area contributed by atoms with Crippen LogP contribution in [0.3, 0.4) is 0 Å². The molecular weight excluding hydrogens is 328 g/mol. The average Bonchev–Trinajstić information content (AvgIpc) is 2.56. The van der Waals surface area contributed by atoms with Gasteiger partial charge in [0, 0.05) is 6.07 Å². The number of nitrogens with one attached hydrogen (secondary N) is 1. The van der Waals surface area contributed by atoms with Crippen molar-refractivity contribution >= 4 is 21.4 Å². The van der Waals surface area contributed by atoms with Gasteiger partial charge in [-0.25, -0.2) is 8.42 Å². The second-order valence-electron chi connectivity index (χ2n) is 5.95. The number of aryl methyl sites for hydroxylation is 2.